The van der Waals surface area contributed by atoms with Crippen molar-refractivity contribution >= 4 is 13.7 Å². The summed E-state index contributed by atoms with van der Waals surface area (Å²) in [6.07, 6.45) is 55.3. The van der Waals surface area contributed by atoms with Crippen LogP contribution in [0.2, 0.25) is 0 Å². The normalized spacial score (nSPS) is 14.9. The lowest BCUT2D eigenvalue weighted by Gasteiger charge is -2.29. The van der Waals surface area contributed by atoms with Crippen LogP contribution in [0, 0.1) is 0 Å². The standard InChI is InChI=1S/C50H91N2O6P/c1-6-8-10-12-14-16-18-20-22-24-25-26-28-29-31-33-35-37-39-41-43-49(53)48(47-58-59(55,56)57-46-45-52(3,4)5)51-50(54)44-42-40-38-36-34-32-30-27-23-21-19-17-15-13-11-9-7-2/h9,11,15,17,21,23,26,28,33,35,41,43,48-49,53H,6-8,10,12-14,16,18-20,22,24-25,27,29-32,34,36-40,42,44-47H2,1-5H3,(H-,51,54,55,56)/b11-9-,17-15-,23-21-,28-26+,35-33+,43-41+. The number of hydrogen-bond donors (Lipinski definition) is 2. The molecule has 0 heterocycles. The van der Waals surface area contributed by atoms with Crippen molar-refractivity contribution in [2.45, 2.75) is 199 Å². The lowest BCUT2D eigenvalue weighted by atomic mass is 10.1. The molecule has 0 aliphatic rings. The van der Waals surface area contributed by atoms with E-state index in [1.165, 1.54) is 89.9 Å². The van der Waals surface area contributed by atoms with Crippen LogP contribution in [0.4, 0.5) is 0 Å². The molecule has 0 saturated heterocycles. The van der Waals surface area contributed by atoms with Gasteiger partial charge in [-0.1, -0.05) is 177 Å². The quantitative estimate of drug-likeness (QED) is 0.0274. The highest BCUT2D eigenvalue weighted by Gasteiger charge is 2.23. The van der Waals surface area contributed by atoms with Crippen molar-refractivity contribution in [2.24, 2.45) is 0 Å². The lowest BCUT2D eigenvalue weighted by molar-refractivity contribution is -0.870. The number of carbonyl (C=O) groups excluding carboxylic acids is 1. The van der Waals surface area contributed by atoms with Gasteiger partial charge in [0.15, 0.2) is 0 Å². The van der Waals surface area contributed by atoms with Gasteiger partial charge in [0.2, 0.25) is 5.91 Å². The summed E-state index contributed by atoms with van der Waals surface area (Å²) < 4.78 is 23.2. The number of aliphatic hydroxyl groups is 1. The average molecular weight is 847 g/mol. The Morgan fingerprint density at radius 1 is 0.610 bits per heavy atom. The number of unbranched alkanes of at least 4 members (excludes halogenated alkanes) is 19. The average Bonchev–Trinajstić information content (AvgIpc) is 3.19. The molecule has 1 amide bonds. The number of nitrogens with zero attached hydrogens (tertiary/aromatic N) is 1. The van der Waals surface area contributed by atoms with Crippen molar-refractivity contribution in [3.63, 3.8) is 0 Å². The fourth-order valence-corrected chi connectivity index (χ4v) is 7.10. The number of allylic oxidation sites excluding steroid dienone is 11. The van der Waals surface area contributed by atoms with Gasteiger partial charge in [0.05, 0.1) is 39.9 Å². The molecule has 59 heavy (non-hydrogen) atoms. The van der Waals surface area contributed by atoms with Gasteiger partial charge in [-0.25, -0.2) is 0 Å². The van der Waals surface area contributed by atoms with E-state index in [4.69, 9.17) is 9.05 Å². The van der Waals surface area contributed by atoms with Crippen LogP contribution in [0.3, 0.4) is 0 Å². The highest BCUT2D eigenvalue weighted by Crippen LogP contribution is 2.38. The van der Waals surface area contributed by atoms with Crippen LogP contribution in [0.5, 0.6) is 0 Å². The molecule has 3 unspecified atom stereocenters. The zero-order chi connectivity index (χ0) is 43.6. The zero-order valence-corrected chi connectivity index (χ0v) is 39.6. The molecule has 9 heteroatoms. The SMILES string of the molecule is CC/C=C\C/C=C\C/C=C\CCCCCCCCCC(=O)NC(COP(=O)([O-])OCC[N+](C)(C)C)C(O)/C=C/CC/C=C/CC/C=C/CCCCCCCCCCCC. The van der Waals surface area contributed by atoms with Crippen LogP contribution in [0.25, 0.3) is 0 Å². The van der Waals surface area contributed by atoms with Crippen LogP contribution >= 0.6 is 7.82 Å². The number of nitrogens with one attached hydrogen (secondary N) is 1. The largest absolute Gasteiger partial charge is 0.756 e. The predicted octanol–water partition coefficient (Wildman–Crippen LogP) is 12.9. The van der Waals surface area contributed by atoms with Gasteiger partial charge >= 0.3 is 0 Å². The molecule has 0 bridgehead atoms. The molecule has 8 nitrogen and oxygen atoms in total. The van der Waals surface area contributed by atoms with Gasteiger partial charge in [-0.2, -0.15) is 0 Å². The number of phosphoric acid groups is 1. The van der Waals surface area contributed by atoms with Gasteiger partial charge in [-0.05, 0) is 77.0 Å². The Morgan fingerprint density at radius 2 is 1.05 bits per heavy atom. The number of likely N-dealkylation sites (N-methyl/N-ethyl adjacent to an activating group) is 1. The highest BCUT2D eigenvalue weighted by molar-refractivity contribution is 7.45. The van der Waals surface area contributed by atoms with Crippen LogP contribution in [0.1, 0.15) is 187 Å². The van der Waals surface area contributed by atoms with E-state index in [2.05, 4.69) is 79.9 Å². The number of quaternary nitrogens is 1. The molecule has 0 rings (SSSR count). The summed E-state index contributed by atoms with van der Waals surface area (Å²) in [6, 6.07) is -0.918. The maximum absolute atomic E-state index is 12.9. The van der Waals surface area contributed by atoms with Crippen molar-refractivity contribution in [2.75, 3.05) is 40.9 Å². The topological polar surface area (TPSA) is 108 Å². The molecule has 0 aliphatic heterocycles. The molecular weight excluding hydrogens is 756 g/mol. The Bertz CT molecular complexity index is 1190. The highest BCUT2D eigenvalue weighted by atomic mass is 31.2. The van der Waals surface area contributed by atoms with Crippen molar-refractivity contribution in [1.82, 2.24) is 5.32 Å². The Morgan fingerprint density at radius 3 is 1.58 bits per heavy atom. The fourth-order valence-electron chi connectivity index (χ4n) is 6.37. The smallest absolute Gasteiger partial charge is 0.268 e. The van der Waals surface area contributed by atoms with Crippen LogP contribution in [-0.4, -0.2) is 68.5 Å². The van der Waals surface area contributed by atoms with Gasteiger partial charge in [0.1, 0.15) is 13.2 Å². The number of phosphoric ester groups is 1. The van der Waals surface area contributed by atoms with E-state index in [9.17, 15) is 19.4 Å². The van der Waals surface area contributed by atoms with Crippen molar-refractivity contribution < 1.29 is 32.9 Å². The Labute approximate surface area is 364 Å². The maximum Gasteiger partial charge on any atom is 0.268 e. The summed E-state index contributed by atoms with van der Waals surface area (Å²) in [7, 11) is 1.22. The Kier molecular flexibility index (Phi) is 39.9. The second-order valence-electron chi connectivity index (χ2n) is 17.1. The van der Waals surface area contributed by atoms with Gasteiger partial charge in [-0.15, -0.1) is 0 Å². The Balaban J connectivity index is 4.48. The summed E-state index contributed by atoms with van der Waals surface area (Å²) >= 11 is 0. The first-order valence-electron chi connectivity index (χ1n) is 23.8. The van der Waals surface area contributed by atoms with Crippen molar-refractivity contribution in [3.05, 3.63) is 72.9 Å². The van der Waals surface area contributed by atoms with Gasteiger partial charge in [0, 0.05) is 6.42 Å². The molecule has 0 spiro atoms. The fraction of sp³-hybridized carbons (Fsp3) is 0.740. The third kappa shape index (κ3) is 43.8. The number of rotatable bonds is 42. The van der Waals surface area contributed by atoms with Crippen molar-refractivity contribution in [1.29, 1.82) is 0 Å². The van der Waals surface area contributed by atoms with E-state index >= 15 is 0 Å². The molecule has 0 aromatic rings. The minimum absolute atomic E-state index is 0.0144. The minimum Gasteiger partial charge on any atom is -0.756 e. The molecule has 0 aromatic heterocycles. The van der Waals surface area contributed by atoms with E-state index < -0.39 is 26.6 Å². The van der Waals surface area contributed by atoms with E-state index in [1.807, 2.05) is 27.2 Å². The number of hydrogen-bond acceptors (Lipinski definition) is 6. The first kappa shape index (κ1) is 56.9. The summed E-state index contributed by atoms with van der Waals surface area (Å²) in [6.45, 7) is 4.49. The second kappa shape index (κ2) is 41.3. The zero-order valence-electron chi connectivity index (χ0n) is 38.7. The third-order valence-corrected chi connectivity index (χ3v) is 11.1. The first-order chi connectivity index (χ1) is 28.5. The van der Waals surface area contributed by atoms with E-state index in [0.29, 0.717) is 17.4 Å². The maximum atomic E-state index is 12.9. The van der Waals surface area contributed by atoms with Crippen molar-refractivity contribution in [3.8, 4) is 0 Å². The first-order valence-corrected chi connectivity index (χ1v) is 25.3. The lowest BCUT2D eigenvalue weighted by Crippen LogP contribution is -2.45. The molecular formula is C50H91N2O6P. The summed E-state index contributed by atoms with van der Waals surface area (Å²) in [5.41, 5.74) is 0. The Hall–Kier alpha value is -2.06. The predicted molar refractivity (Wildman–Crippen MR) is 251 cm³/mol. The van der Waals surface area contributed by atoms with E-state index in [0.717, 1.165) is 77.0 Å². The molecule has 2 N–H and O–H groups in total. The van der Waals surface area contributed by atoms with Crippen LogP contribution in [0.15, 0.2) is 72.9 Å². The summed E-state index contributed by atoms with van der Waals surface area (Å²) in [4.78, 5) is 25.3. The molecule has 0 saturated carbocycles. The molecule has 0 aromatic carbocycles. The second-order valence-corrected chi connectivity index (χ2v) is 18.5. The number of aliphatic hydroxyl groups excluding tert-OH is 1. The molecule has 0 radical (unpaired) electrons. The molecule has 3 atom stereocenters. The molecule has 0 aliphatic carbocycles. The summed E-state index contributed by atoms with van der Waals surface area (Å²) in [5.74, 6) is -0.225. The van der Waals surface area contributed by atoms with Gasteiger partial charge in [-0.3, -0.25) is 9.36 Å². The van der Waals surface area contributed by atoms with Crippen LogP contribution in [-0.2, 0) is 18.4 Å². The minimum atomic E-state index is -4.61. The van der Waals surface area contributed by atoms with Crippen LogP contribution < -0.4 is 10.2 Å². The number of carbonyl (C=O) groups is 1. The molecule has 0 fully saturated rings. The molecule has 342 valence electrons. The van der Waals surface area contributed by atoms with E-state index in [-0.39, 0.29) is 12.5 Å². The van der Waals surface area contributed by atoms with Gasteiger partial charge in [0.25, 0.3) is 7.82 Å². The number of amides is 1. The monoisotopic (exact) mass is 847 g/mol. The summed E-state index contributed by atoms with van der Waals surface area (Å²) in [5, 5.41) is 13.8. The third-order valence-electron chi connectivity index (χ3n) is 10.1. The van der Waals surface area contributed by atoms with Gasteiger partial charge < -0.3 is 28.8 Å². The van der Waals surface area contributed by atoms with E-state index in [1.54, 1.807) is 6.08 Å².